The predicted molar refractivity (Wildman–Crippen MR) is 97.1 cm³/mol. The fraction of sp³-hybridized carbons (Fsp3) is 0.632. The van der Waals surface area contributed by atoms with Crippen LogP contribution in [0.5, 0.6) is 11.5 Å². The van der Waals surface area contributed by atoms with Crippen LogP contribution >= 0.6 is 0 Å². The minimum atomic E-state index is -0.0264. The second kappa shape index (κ2) is 7.62. The Kier molecular flexibility index (Phi) is 5.49. The van der Waals surface area contributed by atoms with E-state index in [2.05, 4.69) is 30.0 Å². The molecule has 2 fully saturated rings. The van der Waals surface area contributed by atoms with Gasteiger partial charge in [-0.05, 0) is 44.6 Å². The number of carbonyl (C=O) groups excluding carboxylic acids is 1. The van der Waals surface area contributed by atoms with Gasteiger partial charge < -0.3 is 19.3 Å². The molecule has 2 unspecified atom stereocenters. The van der Waals surface area contributed by atoms with E-state index in [-0.39, 0.29) is 18.0 Å². The molecule has 0 radical (unpaired) electrons. The number of methoxy groups -OCH3 is 2. The van der Waals surface area contributed by atoms with Crippen LogP contribution in [0, 0.1) is 0 Å². The topological polar surface area (TPSA) is 45.2 Å². The number of hydrogen-bond donors (Lipinski definition) is 0. The Morgan fingerprint density at radius 3 is 2.32 bits per heavy atom. The predicted octanol–water partition coefficient (Wildman–Crippen LogP) is 1.61. The van der Waals surface area contributed by atoms with Crippen molar-refractivity contribution in [2.75, 3.05) is 54.5 Å². The minimum Gasteiger partial charge on any atom is -0.493 e. The average molecular weight is 347 g/mol. The third-order valence-corrected chi connectivity index (χ3v) is 5.59. The lowest BCUT2D eigenvalue weighted by Crippen LogP contribution is -2.52. The van der Waals surface area contributed by atoms with Gasteiger partial charge in [0.15, 0.2) is 11.5 Å². The first kappa shape index (κ1) is 18.0. The van der Waals surface area contributed by atoms with Crippen LogP contribution in [0.15, 0.2) is 18.2 Å². The molecule has 25 heavy (non-hydrogen) atoms. The molecule has 6 heteroatoms. The summed E-state index contributed by atoms with van der Waals surface area (Å²) in [5, 5.41) is 0. The zero-order valence-corrected chi connectivity index (χ0v) is 15.7. The van der Waals surface area contributed by atoms with Gasteiger partial charge in [0.05, 0.1) is 20.3 Å². The van der Waals surface area contributed by atoms with Crippen molar-refractivity contribution in [3.63, 3.8) is 0 Å². The largest absolute Gasteiger partial charge is 0.493 e. The maximum absolute atomic E-state index is 12.9. The van der Waals surface area contributed by atoms with Gasteiger partial charge in [0, 0.05) is 32.2 Å². The molecule has 1 aromatic rings. The Morgan fingerprint density at radius 2 is 1.68 bits per heavy atom. The lowest BCUT2D eigenvalue weighted by atomic mass is 10.0. The summed E-state index contributed by atoms with van der Waals surface area (Å²) >= 11 is 0. The number of ether oxygens (including phenoxy) is 2. The summed E-state index contributed by atoms with van der Waals surface area (Å²) in [5.41, 5.74) is 1.17. The molecule has 6 nitrogen and oxygen atoms in total. The Morgan fingerprint density at radius 1 is 1.00 bits per heavy atom. The fourth-order valence-corrected chi connectivity index (χ4v) is 3.94. The first-order valence-corrected chi connectivity index (χ1v) is 8.96. The van der Waals surface area contributed by atoms with Crippen LogP contribution in [0.1, 0.15) is 24.4 Å². The molecule has 138 valence electrons. The quantitative estimate of drug-likeness (QED) is 0.828. The van der Waals surface area contributed by atoms with E-state index in [1.165, 1.54) is 5.56 Å². The van der Waals surface area contributed by atoms with E-state index in [1.807, 2.05) is 17.0 Å². The van der Waals surface area contributed by atoms with Crippen molar-refractivity contribution >= 4 is 5.91 Å². The van der Waals surface area contributed by atoms with Crippen molar-refractivity contribution in [2.45, 2.75) is 24.9 Å². The summed E-state index contributed by atoms with van der Waals surface area (Å²) in [5.74, 6) is 1.75. The Balaban J connectivity index is 1.71. The Hall–Kier alpha value is -1.79. The number of amides is 1. The maximum atomic E-state index is 12.9. The molecule has 2 aliphatic heterocycles. The molecule has 3 rings (SSSR count). The van der Waals surface area contributed by atoms with Gasteiger partial charge in [0.2, 0.25) is 5.91 Å². The molecular formula is C19H29N3O3. The lowest BCUT2D eigenvalue weighted by molar-refractivity contribution is -0.137. The molecule has 0 bridgehead atoms. The third-order valence-electron chi connectivity index (χ3n) is 5.59. The average Bonchev–Trinajstić information content (AvgIpc) is 3.02. The van der Waals surface area contributed by atoms with Gasteiger partial charge >= 0.3 is 0 Å². The normalized spacial score (nSPS) is 25.2. The van der Waals surface area contributed by atoms with Crippen LogP contribution in [0.3, 0.4) is 0 Å². The highest BCUT2D eigenvalue weighted by Gasteiger charge is 2.38. The SMILES string of the molecule is COc1ccc(C2CCC(C(=O)N3CCN(C)CC3)N2C)cc1OC. The molecule has 0 N–H and O–H groups in total. The summed E-state index contributed by atoms with van der Waals surface area (Å²) < 4.78 is 10.8. The second-order valence-corrected chi connectivity index (χ2v) is 7.02. The van der Waals surface area contributed by atoms with Gasteiger partial charge in [-0.15, -0.1) is 0 Å². The van der Waals surface area contributed by atoms with E-state index >= 15 is 0 Å². The zero-order chi connectivity index (χ0) is 18.0. The summed E-state index contributed by atoms with van der Waals surface area (Å²) in [7, 11) is 7.47. The Bertz CT molecular complexity index is 614. The van der Waals surface area contributed by atoms with Crippen LogP contribution in [0.25, 0.3) is 0 Å². The van der Waals surface area contributed by atoms with Crippen LogP contribution in [0.2, 0.25) is 0 Å². The van der Waals surface area contributed by atoms with Crippen molar-refractivity contribution in [1.82, 2.24) is 14.7 Å². The number of carbonyl (C=O) groups is 1. The monoisotopic (exact) mass is 347 g/mol. The number of likely N-dealkylation sites (tertiary alicyclic amines) is 1. The fourth-order valence-electron chi connectivity index (χ4n) is 3.94. The van der Waals surface area contributed by atoms with E-state index < -0.39 is 0 Å². The molecule has 2 saturated heterocycles. The van der Waals surface area contributed by atoms with Gasteiger partial charge in [-0.2, -0.15) is 0 Å². The molecule has 0 saturated carbocycles. The smallest absolute Gasteiger partial charge is 0.240 e. The van der Waals surface area contributed by atoms with Crippen molar-refractivity contribution in [3.8, 4) is 11.5 Å². The number of rotatable bonds is 4. The molecular weight excluding hydrogens is 318 g/mol. The van der Waals surface area contributed by atoms with Crippen LogP contribution in [0.4, 0.5) is 0 Å². The van der Waals surface area contributed by atoms with E-state index in [1.54, 1.807) is 14.2 Å². The van der Waals surface area contributed by atoms with Crippen molar-refractivity contribution in [3.05, 3.63) is 23.8 Å². The highest BCUT2D eigenvalue weighted by atomic mass is 16.5. The number of benzene rings is 1. The molecule has 1 amide bonds. The second-order valence-electron chi connectivity index (χ2n) is 7.02. The van der Waals surface area contributed by atoms with E-state index in [4.69, 9.17) is 9.47 Å². The highest BCUT2D eigenvalue weighted by molar-refractivity contribution is 5.82. The number of nitrogens with zero attached hydrogens (tertiary/aromatic N) is 3. The van der Waals surface area contributed by atoms with Gasteiger partial charge in [-0.25, -0.2) is 0 Å². The molecule has 2 aliphatic rings. The molecule has 0 aromatic heterocycles. The zero-order valence-electron chi connectivity index (χ0n) is 15.7. The third kappa shape index (κ3) is 3.60. The lowest BCUT2D eigenvalue weighted by Gasteiger charge is -2.36. The minimum absolute atomic E-state index is 0.0264. The molecule has 0 aliphatic carbocycles. The van der Waals surface area contributed by atoms with E-state index in [0.29, 0.717) is 0 Å². The van der Waals surface area contributed by atoms with Gasteiger partial charge in [0.25, 0.3) is 0 Å². The maximum Gasteiger partial charge on any atom is 0.240 e. The number of hydrogen-bond acceptors (Lipinski definition) is 5. The Labute approximate surface area is 150 Å². The van der Waals surface area contributed by atoms with E-state index in [9.17, 15) is 4.79 Å². The van der Waals surface area contributed by atoms with Gasteiger partial charge in [0.1, 0.15) is 0 Å². The van der Waals surface area contributed by atoms with Gasteiger partial charge in [-0.3, -0.25) is 9.69 Å². The first-order chi connectivity index (χ1) is 12.0. The molecule has 1 aromatic carbocycles. The summed E-state index contributed by atoms with van der Waals surface area (Å²) in [6.07, 6.45) is 1.89. The van der Waals surface area contributed by atoms with Crippen LogP contribution in [-0.4, -0.2) is 81.1 Å². The highest BCUT2D eigenvalue weighted by Crippen LogP contribution is 2.38. The van der Waals surface area contributed by atoms with Crippen molar-refractivity contribution in [1.29, 1.82) is 0 Å². The van der Waals surface area contributed by atoms with Crippen LogP contribution < -0.4 is 9.47 Å². The van der Waals surface area contributed by atoms with E-state index in [0.717, 1.165) is 50.5 Å². The van der Waals surface area contributed by atoms with Crippen LogP contribution in [-0.2, 0) is 4.79 Å². The van der Waals surface area contributed by atoms with Crippen molar-refractivity contribution < 1.29 is 14.3 Å². The summed E-state index contributed by atoms with van der Waals surface area (Å²) in [4.78, 5) is 19.5. The van der Waals surface area contributed by atoms with Crippen molar-refractivity contribution in [2.24, 2.45) is 0 Å². The summed E-state index contributed by atoms with van der Waals surface area (Å²) in [6, 6.07) is 6.26. The molecule has 2 heterocycles. The standard InChI is InChI=1S/C19H29N3O3/c1-20-9-11-22(12-10-20)19(23)16-7-6-15(21(16)2)14-5-8-17(24-3)18(13-14)25-4/h5,8,13,15-16H,6-7,9-12H2,1-4H3. The van der Waals surface area contributed by atoms with Gasteiger partial charge in [-0.1, -0.05) is 6.07 Å². The number of likely N-dealkylation sites (N-methyl/N-ethyl adjacent to an activating group) is 2. The molecule has 0 spiro atoms. The number of piperazine rings is 1. The summed E-state index contributed by atoms with van der Waals surface area (Å²) in [6.45, 7) is 3.59. The molecule has 2 atom stereocenters. The first-order valence-electron chi connectivity index (χ1n) is 8.96.